The van der Waals surface area contributed by atoms with Gasteiger partial charge in [-0.05, 0) is 50.1 Å². The van der Waals surface area contributed by atoms with E-state index >= 15 is 0 Å². The van der Waals surface area contributed by atoms with Crippen LogP contribution >= 0.6 is 11.8 Å². The molecule has 0 saturated heterocycles. The molecule has 0 aliphatic heterocycles. The van der Waals surface area contributed by atoms with Crippen LogP contribution in [-0.4, -0.2) is 22.6 Å². The van der Waals surface area contributed by atoms with Crippen LogP contribution in [0.3, 0.4) is 0 Å². The number of rotatable bonds is 6. The van der Waals surface area contributed by atoms with Crippen molar-refractivity contribution in [3.8, 4) is 17.2 Å². The van der Waals surface area contributed by atoms with Crippen LogP contribution in [0.5, 0.6) is 5.75 Å². The van der Waals surface area contributed by atoms with Crippen LogP contribution in [0.15, 0.2) is 52.1 Å². The van der Waals surface area contributed by atoms with E-state index in [0.717, 1.165) is 22.6 Å². The summed E-state index contributed by atoms with van der Waals surface area (Å²) in [5.41, 5.74) is 4.48. The van der Waals surface area contributed by atoms with Gasteiger partial charge in [0, 0.05) is 11.3 Å². The van der Waals surface area contributed by atoms with Gasteiger partial charge in [0.2, 0.25) is 5.89 Å². The molecule has 24 heavy (non-hydrogen) atoms. The highest BCUT2D eigenvalue weighted by atomic mass is 32.2. The summed E-state index contributed by atoms with van der Waals surface area (Å²) in [7, 11) is 0. The van der Waals surface area contributed by atoms with E-state index in [-0.39, 0.29) is 0 Å². The smallest absolute Gasteiger partial charge is 0.276 e. The molecule has 3 aromatic rings. The van der Waals surface area contributed by atoms with Crippen molar-refractivity contribution in [2.45, 2.75) is 26.0 Å². The van der Waals surface area contributed by atoms with Gasteiger partial charge in [0.15, 0.2) is 0 Å². The van der Waals surface area contributed by atoms with E-state index in [1.165, 1.54) is 22.9 Å². The molecule has 2 aromatic carbocycles. The van der Waals surface area contributed by atoms with Crippen molar-refractivity contribution in [2.75, 3.05) is 12.4 Å². The van der Waals surface area contributed by atoms with Gasteiger partial charge in [0.25, 0.3) is 5.22 Å². The Morgan fingerprint density at radius 3 is 2.50 bits per heavy atom. The van der Waals surface area contributed by atoms with Gasteiger partial charge >= 0.3 is 0 Å². The van der Waals surface area contributed by atoms with Crippen LogP contribution in [0.2, 0.25) is 0 Å². The molecule has 3 rings (SSSR count). The summed E-state index contributed by atoms with van der Waals surface area (Å²) in [5.74, 6) is 2.23. The Labute approximate surface area is 146 Å². The zero-order valence-corrected chi connectivity index (χ0v) is 14.9. The maximum Gasteiger partial charge on any atom is 0.276 e. The Morgan fingerprint density at radius 1 is 0.958 bits per heavy atom. The van der Waals surface area contributed by atoms with Gasteiger partial charge in [-0.3, -0.25) is 0 Å². The number of benzene rings is 2. The number of thioether (sulfide) groups is 1. The normalized spacial score (nSPS) is 10.8. The van der Waals surface area contributed by atoms with Gasteiger partial charge in [-0.2, -0.15) is 0 Å². The van der Waals surface area contributed by atoms with E-state index < -0.39 is 0 Å². The van der Waals surface area contributed by atoms with Crippen molar-refractivity contribution in [3.05, 3.63) is 59.2 Å². The number of hydrogen-bond acceptors (Lipinski definition) is 5. The minimum Gasteiger partial charge on any atom is -0.492 e. The first kappa shape index (κ1) is 16.6. The molecule has 0 fully saturated rings. The molecule has 4 nitrogen and oxygen atoms in total. The largest absolute Gasteiger partial charge is 0.492 e. The van der Waals surface area contributed by atoms with Gasteiger partial charge in [-0.15, -0.1) is 10.2 Å². The zero-order valence-electron chi connectivity index (χ0n) is 14.1. The summed E-state index contributed by atoms with van der Waals surface area (Å²) in [6.45, 7) is 6.76. The second-order valence-corrected chi connectivity index (χ2v) is 6.75. The quantitative estimate of drug-likeness (QED) is 0.475. The highest BCUT2D eigenvalue weighted by Gasteiger charge is 2.09. The molecule has 0 aliphatic rings. The fourth-order valence-corrected chi connectivity index (χ4v) is 2.80. The summed E-state index contributed by atoms with van der Waals surface area (Å²) >= 11 is 1.50. The molecule has 1 aromatic heterocycles. The highest BCUT2D eigenvalue weighted by molar-refractivity contribution is 7.99. The lowest BCUT2D eigenvalue weighted by Gasteiger charge is -2.08. The van der Waals surface area contributed by atoms with Crippen molar-refractivity contribution in [2.24, 2.45) is 0 Å². The number of hydrogen-bond donors (Lipinski definition) is 0. The van der Waals surface area contributed by atoms with E-state index in [4.69, 9.17) is 9.15 Å². The zero-order chi connectivity index (χ0) is 16.9. The lowest BCUT2D eigenvalue weighted by atomic mass is 10.1. The molecule has 5 heteroatoms. The maximum absolute atomic E-state index is 5.83. The first-order chi connectivity index (χ1) is 11.6. The Bertz CT molecular complexity index is 812. The Balaban J connectivity index is 1.52. The molecule has 0 amide bonds. The minimum atomic E-state index is 0.549. The van der Waals surface area contributed by atoms with Crippen molar-refractivity contribution < 1.29 is 9.15 Å². The standard InChI is InChI=1S/C19H20N2O2S/c1-13-5-8-16(9-6-13)18-20-21-19(23-18)24-11-10-22-17-12-14(2)4-7-15(17)3/h4-9,12H,10-11H2,1-3H3. The Hall–Kier alpha value is -2.27. The topological polar surface area (TPSA) is 48.2 Å². The van der Waals surface area contributed by atoms with Gasteiger partial charge in [-0.1, -0.05) is 41.6 Å². The first-order valence-electron chi connectivity index (χ1n) is 7.85. The van der Waals surface area contributed by atoms with Crippen molar-refractivity contribution in [1.29, 1.82) is 0 Å². The van der Waals surface area contributed by atoms with Gasteiger partial charge in [0.05, 0.1) is 6.61 Å². The van der Waals surface area contributed by atoms with Crippen molar-refractivity contribution >= 4 is 11.8 Å². The van der Waals surface area contributed by atoms with Crippen LogP contribution in [0.4, 0.5) is 0 Å². The molecule has 0 bridgehead atoms. The van der Waals surface area contributed by atoms with Crippen molar-refractivity contribution in [1.82, 2.24) is 10.2 Å². The molecule has 0 unspecified atom stereocenters. The molecular weight excluding hydrogens is 320 g/mol. The van der Waals surface area contributed by atoms with Crippen LogP contribution < -0.4 is 4.74 Å². The van der Waals surface area contributed by atoms with Crippen LogP contribution in [0, 0.1) is 20.8 Å². The van der Waals surface area contributed by atoms with Crippen LogP contribution in [0.1, 0.15) is 16.7 Å². The third-order valence-corrected chi connectivity index (χ3v) is 4.40. The summed E-state index contributed by atoms with van der Waals surface area (Å²) in [6.07, 6.45) is 0. The third-order valence-electron chi connectivity index (χ3n) is 3.62. The molecule has 1 heterocycles. The second kappa shape index (κ2) is 7.53. The molecule has 0 N–H and O–H groups in total. The first-order valence-corrected chi connectivity index (χ1v) is 8.84. The molecule has 0 spiro atoms. The molecular formula is C19H20N2O2S. The molecule has 0 atom stereocenters. The maximum atomic E-state index is 5.83. The summed E-state index contributed by atoms with van der Waals surface area (Å²) < 4.78 is 11.5. The average Bonchev–Trinajstić information content (AvgIpc) is 3.04. The number of ether oxygens (including phenoxy) is 1. The van der Waals surface area contributed by atoms with Gasteiger partial charge in [-0.25, -0.2) is 0 Å². The van der Waals surface area contributed by atoms with Gasteiger partial charge in [0.1, 0.15) is 5.75 Å². The average molecular weight is 340 g/mol. The predicted molar refractivity (Wildman–Crippen MR) is 96.6 cm³/mol. The fourth-order valence-electron chi connectivity index (χ4n) is 2.22. The summed E-state index contributed by atoms with van der Waals surface area (Å²) in [6, 6.07) is 14.3. The lowest BCUT2D eigenvalue weighted by molar-refractivity contribution is 0.340. The second-order valence-electron chi connectivity index (χ2n) is 5.71. The lowest BCUT2D eigenvalue weighted by Crippen LogP contribution is -2.01. The van der Waals surface area contributed by atoms with Crippen LogP contribution in [-0.2, 0) is 0 Å². The SMILES string of the molecule is Cc1ccc(-c2nnc(SCCOc3cc(C)ccc3C)o2)cc1. The molecule has 0 aliphatic carbocycles. The van der Waals surface area contributed by atoms with E-state index in [2.05, 4.69) is 42.2 Å². The number of nitrogens with zero attached hydrogens (tertiary/aromatic N) is 2. The summed E-state index contributed by atoms with van der Waals surface area (Å²) in [4.78, 5) is 0. The van der Waals surface area contributed by atoms with E-state index in [0.29, 0.717) is 17.7 Å². The third kappa shape index (κ3) is 4.17. The predicted octanol–water partition coefficient (Wildman–Crippen LogP) is 4.83. The van der Waals surface area contributed by atoms with E-state index in [1.807, 2.05) is 31.2 Å². The van der Waals surface area contributed by atoms with Gasteiger partial charge < -0.3 is 9.15 Å². The monoisotopic (exact) mass is 340 g/mol. The molecule has 0 saturated carbocycles. The number of aryl methyl sites for hydroxylation is 3. The van der Waals surface area contributed by atoms with E-state index in [1.54, 1.807) is 0 Å². The summed E-state index contributed by atoms with van der Waals surface area (Å²) in [5, 5.41) is 8.75. The van der Waals surface area contributed by atoms with Crippen molar-refractivity contribution in [3.63, 3.8) is 0 Å². The Morgan fingerprint density at radius 2 is 1.71 bits per heavy atom. The molecule has 124 valence electrons. The Kier molecular flexibility index (Phi) is 5.20. The van der Waals surface area contributed by atoms with Crippen LogP contribution in [0.25, 0.3) is 11.5 Å². The fraction of sp³-hybridized carbons (Fsp3) is 0.263. The number of aromatic nitrogens is 2. The highest BCUT2D eigenvalue weighted by Crippen LogP contribution is 2.24. The molecule has 0 radical (unpaired) electrons. The van der Waals surface area contributed by atoms with E-state index in [9.17, 15) is 0 Å². The minimum absolute atomic E-state index is 0.549.